The average molecular weight is 307 g/mol. The molecule has 2 aliphatic heterocycles. The van der Waals surface area contributed by atoms with Crippen molar-refractivity contribution in [3.63, 3.8) is 0 Å². The fraction of sp³-hybridized carbons (Fsp3) is 0.917. The van der Waals surface area contributed by atoms with Gasteiger partial charge < -0.3 is 10.0 Å². The molecule has 5 nitrogen and oxygen atoms in total. The zero-order valence-electron chi connectivity index (χ0n) is 11.0. The topological polar surface area (TPSA) is 74.7 Å². The number of piperidine rings is 1. The first-order valence-corrected chi connectivity index (χ1v) is 9.61. The third-order valence-corrected chi connectivity index (χ3v) is 7.06. The molecule has 2 fully saturated rings. The standard InChI is InChI=1S/C12H21NO4S2/c14-7-10-3-1-2-5-13(10)12(15)8-18-11-4-6-19(16,17)9-11/h10-11,14H,1-9H2. The molecule has 0 spiro atoms. The summed E-state index contributed by atoms with van der Waals surface area (Å²) in [7, 11) is -2.87. The number of thioether (sulfide) groups is 1. The van der Waals surface area contributed by atoms with Gasteiger partial charge in [0.15, 0.2) is 9.84 Å². The molecule has 0 aromatic heterocycles. The van der Waals surface area contributed by atoms with Gasteiger partial charge in [0.2, 0.25) is 5.91 Å². The zero-order valence-corrected chi connectivity index (χ0v) is 12.6. The summed E-state index contributed by atoms with van der Waals surface area (Å²) in [5.41, 5.74) is 0. The highest BCUT2D eigenvalue weighted by atomic mass is 32.2. The lowest BCUT2D eigenvalue weighted by Crippen LogP contribution is -2.46. The highest BCUT2D eigenvalue weighted by Gasteiger charge is 2.30. The Kier molecular flexibility index (Phi) is 5.14. The number of aliphatic hydroxyl groups is 1. The minimum Gasteiger partial charge on any atom is -0.394 e. The first kappa shape index (κ1) is 15.1. The second-order valence-electron chi connectivity index (χ2n) is 5.26. The number of hydrogen-bond acceptors (Lipinski definition) is 5. The first-order chi connectivity index (χ1) is 9.02. The van der Waals surface area contributed by atoms with Crippen molar-refractivity contribution in [3.8, 4) is 0 Å². The molecular weight excluding hydrogens is 286 g/mol. The van der Waals surface area contributed by atoms with Gasteiger partial charge in [0.1, 0.15) is 0 Å². The lowest BCUT2D eigenvalue weighted by atomic mass is 10.0. The van der Waals surface area contributed by atoms with Crippen molar-refractivity contribution in [3.05, 3.63) is 0 Å². The molecular formula is C12H21NO4S2. The SMILES string of the molecule is O=C(CSC1CCS(=O)(=O)C1)N1CCCCC1CO. The van der Waals surface area contributed by atoms with Crippen LogP contribution in [0.25, 0.3) is 0 Å². The molecule has 0 bridgehead atoms. The van der Waals surface area contributed by atoms with Gasteiger partial charge in [0, 0.05) is 11.8 Å². The Hall–Kier alpha value is -0.270. The van der Waals surface area contributed by atoms with Crippen molar-refractivity contribution in [2.75, 3.05) is 30.4 Å². The number of sulfone groups is 1. The van der Waals surface area contributed by atoms with E-state index in [1.54, 1.807) is 4.90 Å². The average Bonchev–Trinajstić information content (AvgIpc) is 2.75. The van der Waals surface area contributed by atoms with Gasteiger partial charge in [-0.05, 0) is 25.7 Å². The monoisotopic (exact) mass is 307 g/mol. The summed E-state index contributed by atoms with van der Waals surface area (Å²) >= 11 is 1.45. The summed E-state index contributed by atoms with van der Waals surface area (Å²) in [6.45, 7) is 0.738. The summed E-state index contributed by atoms with van der Waals surface area (Å²) in [5, 5.41) is 9.34. The van der Waals surface area contributed by atoms with Gasteiger partial charge in [-0.25, -0.2) is 8.42 Å². The maximum Gasteiger partial charge on any atom is 0.232 e. The molecule has 110 valence electrons. The van der Waals surface area contributed by atoms with Crippen LogP contribution in [0.2, 0.25) is 0 Å². The lowest BCUT2D eigenvalue weighted by molar-refractivity contribution is -0.133. The number of nitrogens with zero attached hydrogens (tertiary/aromatic N) is 1. The van der Waals surface area contributed by atoms with Crippen molar-refractivity contribution in [2.45, 2.75) is 37.0 Å². The lowest BCUT2D eigenvalue weighted by Gasteiger charge is -2.34. The number of carbonyl (C=O) groups excluding carboxylic acids is 1. The third-order valence-electron chi connectivity index (χ3n) is 3.79. The Morgan fingerprint density at radius 1 is 1.32 bits per heavy atom. The third kappa shape index (κ3) is 4.10. The molecule has 0 aliphatic carbocycles. The van der Waals surface area contributed by atoms with Gasteiger partial charge in [-0.1, -0.05) is 0 Å². The Morgan fingerprint density at radius 2 is 2.11 bits per heavy atom. The Balaban J connectivity index is 1.80. The van der Waals surface area contributed by atoms with Crippen molar-refractivity contribution >= 4 is 27.5 Å². The molecule has 1 amide bonds. The second-order valence-corrected chi connectivity index (χ2v) is 8.77. The van der Waals surface area contributed by atoms with E-state index in [1.807, 2.05) is 0 Å². The van der Waals surface area contributed by atoms with E-state index in [1.165, 1.54) is 11.8 Å². The van der Waals surface area contributed by atoms with Crippen molar-refractivity contribution in [2.24, 2.45) is 0 Å². The molecule has 2 rings (SSSR count). The van der Waals surface area contributed by atoms with Crippen LogP contribution in [0.3, 0.4) is 0 Å². The molecule has 0 saturated carbocycles. The quantitative estimate of drug-likeness (QED) is 0.807. The van der Waals surface area contributed by atoms with Crippen molar-refractivity contribution in [1.82, 2.24) is 4.90 Å². The van der Waals surface area contributed by atoms with Gasteiger partial charge in [0.05, 0.1) is 29.9 Å². The molecule has 0 aromatic carbocycles. The van der Waals surface area contributed by atoms with Crippen LogP contribution in [0, 0.1) is 0 Å². The minimum absolute atomic E-state index is 0.0220. The van der Waals surface area contributed by atoms with Gasteiger partial charge in [-0.3, -0.25) is 4.79 Å². The van der Waals surface area contributed by atoms with Gasteiger partial charge in [0.25, 0.3) is 0 Å². The van der Waals surface area contributed by atoms with Crippen molar-refractivity contribution in [1.29, 1.82) is 0 Å². The Morgan fingerprint density at radius 3 is 2.74 bits per heavy atom. The van der Waals surface area contributed by atoms with Crippen LogP contribution in [0.5, 0.6) is 0 Å². The summed E-state index contributed by atoms with van der Waals surface area (Å²) in [6, 6.07) is -0.0471. The highest BCUT2D eigenvalue weighted by molar-refractivity contribution is 8.02. The van der Waals surface area contributed by atoms with Crippen LogP contribution in [-0.4, -0.2) is 66.0 Å². The molecule has 0 radical (unpaired) electrons. The predicted molar refractivity (Wildman–Crippen MR) is 76.0 cm³/mol. The molecule has 2 aliphatic rings. The van der Waals surface area contributed by atoms with E-state index in [0.717, 1.165) is 19.3 Å². The van der Waals surface area contributed by atoms with E-state index in [4.69, 9.17) is 0 Å². The molecule has 19 heavy (non-hydrogen) atoms. The van der Waals surface area contributed by atoms with E-state index in [2.05, 4.69) is 0 Å². The van der Waals surface area contributed by atoms with Gasteiger partial charge in [-0.15, -0.1) is 11.8 Å². The molecule has 7 heteroatoms. The molecule has 2 unspecified atom stereocenters. The van der Waals surface area contributed by atoms with E-state index in [0.29, 0.717) is 18.7 Å². The minimum atomic E-state index is -2.87. The van der Waals surface area contributed by atoms with E-state index < -0.39 is 9.84 Å². The molecule has 2 saturated heterocycles. The molecule has 2 heterocycles. The molecule has 1 N–H and O–H groups in total. The van der Waals surface area contributed by atoms with Gasteiger partial charge in [-0.2, -0.15) is 0 Å². The van der Waals surface area contributed by atoms with Crippen LogP contribution < -0.4 is 0 Å². The van der Waals surface area contributed by atoms with E-state index in [-0.39, 0.29) is 35.3 Å². The smallest absolute Gasteiger partial charge is 0.232 e. The fourth-order valence-corrected chi connectivity index (χ4v) is 6.21. The van der Waals surface area contributed by atoms with E-state index in [9.17, 15) is 18.3 Å². The van der Waals surface area contributed by atoms with E-state index >= 15 is 0 Å². The second kappa shape index (κ2) is 6.45. The number of rotatable bonds is 4. The van der Waals surface area contributed by atoms with Crippen molar-refractivity contribution < 1.29 is 18.3 Å². The Bertz CT molecular complexity index is 423. The maximum atomic E-state index is 12.1. The summed E-state index contributed by atoms with van der Waals surface area (Å²) in [4.78, 5) is 13.9. The van der Waals surface area contributed by atoms with Crippen LogP contribution in [0.4, 0.5) is 0 Å². The maximum absolute atomic E-state index is 12.1. The molecule has 0 aromatic rings. The van der Waals surface area contributed by atoms with Crippen LogP contribution in [0.15, 0.2) is 0 Å². The summed E-state index contributed by atoms with van der Waals surface area (Å²) in [6.07, 6.45) is 3.57. The highest BCUT2D eigenvalue weighted by Crippen LogP contribution is 2.25. The molecule has 2 atom stereocenters. The van der Waals surface area contributed by atoms with Crippen LogP contribution in [0.1, 0.15) is 25.7 Å². The van der Waals surface area contributed by atoms with Gasteiger partial charge >= 0.3 is 0 Å². The summed E-state index contributed by atoms with van der Waals surface area (Å²) < 4.78 is 22.7. The van der Waals surface area contributed by atoms with Crippen LogP contribution >= 0.6 is 11.8 Å². The first-order valence-electron chi connectivity index (χ1n) is 6.74. The normalized spacial score (nSPS) is 30.5. The number of carbonyl (C=O) groups is 1. The predicted octanol–water partition coefficient (Wildman–Crippen LogP) is 0.280. The fourth-order valence-electron chi connectivity index (χ4n) is 2.68. The number of hydrogen-bond donors (Lipinski definition) is 1. The van der Waals surface area contributed by atoms with Crippen LogP contribution in [-0.2, 0) is 14.6 Å². The number of likely N-dealkylation sites (tertiary alicyclic amines) is 1. The largest absolute Gasteiger partial charge is 0.394 e. The summed E-state index contributed by atoms with van der Waals surface area (Å²) in [5.74, 6) is 0.820. The zero-order chi connectivity index (χ0) is 13.9. The number of aliphatic hydroxyl groups excluding tert-OH is 1. The number of amides is 1. The Labute approximate surface area is 118 Å².